The number of alkyl halides is 3. The van der Waals surface area contributed by atoms with Crippen LogP contribution in [0, 0.1) is 5.41 Å². The molecular weight excluding hydrogens is 193 g/mol. The number of hydrogen-bond donors (Lipinski definition) is 2. The molecule has 0 bridgehead atoms. The molecule has 1 saturated carbocycles. The van der Waals surface area contributed by atoms with Crippen LogP contribution in [0.4, 0.5) is 13.2 Å². The molecule has 1 aliphatic rings. The zero-order valence-corrected chi connectivity index (χ0v) is 8.54. The Kier molecular flexibility index (Phi) is 2.84. The fourth-order valence-corrected chi connectivity index (χ4v) is 1.57. The Labute approximate surface area is 82.0 Å². The highest BCUT2D eigenvalue weighted by Gasteiger charge is 2.52. The molecule has 1 aliphatic carbocycles. The van der Waals surface area contributed by atoms with E-state index in [1.54, 1.807) is 6.92 Å². The quantitative estimate of drug-likeness (QED) is 0.740. The van der Waals surface area contributed by atoms with Crippen LogP contribution >= 0.6 is 0 Å². The maximum atomic E-state index is 12.0. The van der Waals surface area contributed by atoms with E-state index in [0.29, 0.717) is 0 Å². The van der Waals surface area contributed by atoms with E-state index >= 15 is 0 Å². The van der Waals surface area contributed by atoms with Crippen LogP contribution in [0.5, 0.6) is 0 Å². The van der Waals surface area contributed by atoms with Crippen LogP contribution in [-0.4, -0.2) is 24.8 Å². The summed E-state index contributed by atoms with van der Waals surface area (Å²) in [5.41, 5.74) is 4.88. The van der Waals surface area contributed by atoms with Crippen LogP contribution in [0.2, 0.25) is 0 Å². The summed E-state index contributed by atoms with van der Waals surface area (Å²) in [5, 5.41) is 2.54. The number of hydrogen-bond acceptors (Lipinski definition) is 2. The molecule has 0 saturated heterocycles. The second-order valence-corrected chi connectivity index (χ2v) is 4.57. The molecule has 1 rings (SSSR count). The Balaban J connectivity index is 2.54. The third-order valence-corrected chi connectivity index (χ3v) is 3.42. The Hall–Kier alpha value is -0.290. The minimum absolute atomic E-state index is 0.0625. The lowest BCUT2D eigenvalue weighted by Crippen LogP contribution is -2.56. The van der Waals surface area contributed by atoms with Crippen molar-refractivity contribution in [1.82, 2.24) is 5.32 Å². The first-order chi connectivity index (χ1) is 6.22. The van der Waals surface area contributed by atoms with Gasteiger partial charge in [-0.25, -0.2) is 0 Å². The highest BCUT2D eigenvalue weighted by molar-refractivity contribution is 5.08. The topological polar surface area (TPSA) is 38.0 Å². The molecule has 0 aromatic carbocycles. The highest BCUT2D eigenvalue weighted by atomic mass is 19.4. The summed E-state index contributed by atoms with van der Waals surface area (Å²) in [4.78, 5) is 0. The number of nitrogens with one attached hydrogen (secondary N) is 1. The largest absolute Gasteiger partial charge is 0.401 e. The summed E-state index contributed by atoms with van der Waals surface area (Å²) in [5.74, 6) is 0. The van der Waals surface area contributed by atoms with Crippen molar-refractivity contribution in [2.45, 2.75) is 38.4 Å². The van der Waals surface area contributed by atoms with Gasteiger partial charge in [0.1, 0.15) is 0 Å². The lowest BCUT2D eigenvalue weighted by Gasteiger charge is -2.36. The molecule has 0 spiro atoms. The molecule has 0 aromatic heterocycles. The molecule has 84 valence electrons. The lowest BCUT2D eigenvalue weighted by atomic mass is 9.84. The van der Waals surface area contributed by atoms with Gasteiger partial charge in [-0.1, -0.05) is 6.92 Å². The molecule has 0 heterocycles. The normalized spacial score (nSPS) is 24.4. The maximum absolute atomic E-state index is 12.0. The SMILES string of the molecule is CC1(C(C)(CN)NCC(F)(F)F)CC1. The van der Waals surface area contributed by atoms with Gasteiger partial charge in [0.15, 0.2) is 0 Å². The standard InChI is InChI=1S/C9H17F3N2/c1-7(3-4-7)8(2,5-13)14-6-9(10,11)12/h14H,3-6,13H2,1-2H3. The van der Waals surface area contributed by atoms with Crippen LogP contribution in [0.3, 0.4) is 0 Å². The summed E-state index contributed by atoms with van der Waals surface area (Å²) in [6.45, 7) is 3.02. The molecule has 5 heteroatoms. The van der Waals surface area contributed by atoms with E-state index in [9.17, 15) is 13.2 Å². The van der Waals surface area contributed by atoms with Crippen LogP contribution in [0.1, 0.15) is 26.7 Å². The van der Waals surface area contributed by atoms with Gasteiger partial charge in [-0.05, 0) is 25.2 Å². The predicted molar refractivity (Wildman–Crippen MR) is 48.9 cm³/mol. The van der Waals surface area contributed by atoms with E-state index in [-0.39, 0.29) is 12.0 Å². The zero-order chi connectivity index (χ0) is 11.0. The minimum atomic E-state index is -4.17. The Morgan fingerprint density at radius 3 is 2.14 bits per heavy atom. The van der Waals surface area contributed by atoms with Crippen molar-refractivity contribution >= 4 is 0 Å². The third kappa shape index (κ3) is 2.39. The number of halogens is 3. The van der Waals surface area contributed by atoms with Crippen LogP contribution in [0.25, 0.3) is 0 Å². The van der Waals surface area contributed by atoms with Gasteiger partial charge in [0.05, 0.1) is 6.54 Å². The molecule has 1 atom stereocenters. The summed E-state index contributed by atoms with van der Waals surface area (Å²) in [6, 6.07) is 0. The Morgan fingerprint density at radius 2 is 1.86 bits per heavy atom. The van der Waals surface area contributed by atoms with Gasteiger partial charge in [-0.3, -0.25) is 0 Å². The van der Waals surface area contributed by atoms with Crippen molar-refractivity contribution in [1.29, 1.82) is 0 Å². The van der Waals surface area contributed by atoms with Crippen LogP contribution in [-0.2, 0) is 0 Å². The minimum Gasteiger partial charge on any atom is -0.329 e. The average molecular weight is 210 g/mol. The molecule has 1 unspecified atom stereocenters. The van der Waals surface area contributed by atoms with E-state index in [1.807, 2.05) is 6.92 Å². The van der Waals surface area contributed by atoms with E-state index in [4.69, 9.17) is 5.73 Å². The maximum Gasteiger partial charge on any atom is 0.401 e. The van der Waals surface area contributed by atoms with Crippen LogP contribution in [0.15, 0.2) is 0 Å². The third-order valence-electron chi connectivity index (χ3n) is 3.42. The lowest BCUT2D eigenvalue weighted by molar-refractivity contribution is -0.129. The van der Waals surface area contributed by atoms with Gasteiger partial charge in [0.25, 0.3) is 0 Å². The van der Waals surface area contributed by atoms with E-state index in [0.717, 1.165) is 12.8 Å². The first-order valence-electron chi connectivity index (χ1n) is 4.74. The van der Waals surface area contributed by atoms with Gasteiger partial charge < -0.3 is 11.1 Å². The zero-order valence-electron chi connectivity index (χ0n) is 8.54. The fraction of sp³-hybridized carbons (Fsp3) is 1.00. The van der Waals surface area contributed by atoms with Gasteiger partial charge in [-0.2, -0.15) is 13.2 Å². The van der Waals surface area contributed by atoms with Crippen molar-refractivity contribution in [3.05, 3.63) is 0 Å². The van der Waals surface area contributed by atoms with Gasteiger partial charge in [0, 0.05) is 12.1 Å². The first kappa shape index (κ1) is 11.8. The molecule has 0 radical (unpaired) electrons. The first-order valence-corrected chi connectivity index (χ1v) is 4.74. The van der Waals surface area contributed by atoms with Gasteiger partial charge in [-0.15, -0.1) is 0 Å². The molecule has 0 amide bonds. The Morgan fingerprint density at radius 1 is 1.36 bits per heavy atom. The van der Waals surface area contributed by atoms with Crippen molar-refractivity contribution < 1.29 is 13.2 Å². The van der Waals surface area contributed by atoms with Crippen molar-refractivity contribution in [3.8, 4) is 0 Å². The summed E-state index contributed by atoms with van der Waals surface area (Å²) in [7, 11) is 0. The summed E-state index contributed by atoms with van der Waals surface area (Å²) < 4.78 is 36.1. The van der Waals surface area contributed by atoms with Crippen molar-refractivity contribution in [3.63, 3.8) is 0 Å². The van der Waals surface area contributed by atoms with Crippen molar-refractivity contribution in [2.75, 3.05) is 13.1 Å². The predicted octanol–water partition coefficient (Wildman–Crippen LogP) is 1.66. The number of nitrogens with two attached hydrogens (primary N) is 1. The average Bonchev–Trinajstić information content (AvgIpc) is 2.79. The Bertz CT molecular complexity index is 211. The molecular formula is C9H17F3N2. The van der Waals surface area contributed by atoms with Gasteiger partial charge in [0.2, 0.25) is 0 Å². The molecule has 14 heavy (non-hydrogen) atoms. The van der Waals surface area contributed by atoms with E-state index in [1.165, 1.54) is 0 Å². The van der Waals surface area contributed by atoms with E-state index in [2.05, 4.69) is 5.32 Å². The summed E-state index contributed by atoms with van der Waals surface area (Å²) >= 11 is 0. The molecule has 0 aromatic rings. The van der Waals surface area contributed by atoms with Gasteiger partial charge >= 0.3 is 6.18 Å². The number of rotatable bonds is 4. The van der Waals surface area contributed by atoms with Crippen molar-refractivity contribution in [2.24, 2.45) is 11.1 Å². The second kappa shape index (κ2) is 3.38. The second-order valence-electron chi connectivity index (χ2n) is 4.57. The molecule has 2 nitrogen and oxygen atoms in total. The molecule has 1 fully saturated rings. The highest BCUT2D eigenvalue weighted by Crippen LogP contribution is 2.53. The monoisotopic (exact) mass is 210 g/mol. The molecule has 3 N–H and O–H groups in total. The molecule has 0 aliphatic heterocycles. The van der Waals surface area contributed by atoms with E-state index < -0.39 is 18.3 Å². The summed E-state index contributed by atoms with van der Waals surface area (Å²) in [6.07, 6.45) is -2.27. The fourth-order valence-electron chi connectivity index (χ4n) is 1.57. The smallest absolute Gasteiger partial charge is 0.329 e. The van der Waals surface area contributed by atoms with Crippen LogP contribution < -0.4 is 11.1 Å².